The zero-order chi connectivity index (χ0) is 47.9. The van der Waals surface area contributed by atoms with Crippen LogP contribution in [0.15, 0.2) is 97.1 Å². The molecule has 0 radical (unpaired) electrons. The first kappa shape index (κ1) is 53.5. The molecular formula is C56H84N8O6. The molecule has 0 spiro atoms. The fourth-order valence-electron chi connectivity index (χ4n) is 9.07. The van der Waals surface area contributed by atoms with Gasteiger partial charge in [0, 0.05) is 154 Å². The van der Waals surface area contributed by atoms with Crippen molar-refractivity contribution in [2.45, 2.75) is 51.9 Å². The third-order valence-corrected chi connectivity index (χ3v) is 12.9. The van der Waals surface area contributed by atoms with Crippen molar-refractivity contribution in [3.8, 4) is 0 Å². The van der Waals surface area contributed by atoms with Crippen LogP contribution in [-0.2, 0) is 54.6 Å². The molecule has 0 saturated carbocycles. The first-order valence-electron chi connectivity index (χ1n) is 26.4. The number of nitrogens with one attached hydrogen (secondary N) is 4. The minimum Gasteiger partial charge on any atom is -0.385 e. The van der Waals surface area contributed by atoms with Crippen molar-refractivity contribution in [1.82, 2.24) is 19.6 Å². The van der Waals surface area contributed by atoms with E-state index in [2.05, 4.69) is 138 Å². The topological polar surface area (TPSA) is 116 Å². The normalized spacial score (nSPS) is 24.0. The summed E-state index contributed by atoms with van der Waals surface area (Å²) in [6.07, 6.45) is 3.72. The van der Waals surface area contributed by atoms with Gasteiger partial charge in [-0.3, -0.25) is 19.6 Å². The Balaban J connectivity index is 1.13. The van der Waals surface area contributed by atoms with Crippen LogP contribution < -0.4 is 21.3 Å². The first-order chi connectivity index (χ1) is 34.7. The zero-order valence-corrected chi connectivity index (χ0v) is 42.1. The highest BCUT2D eigenvalue weighted by Crippen LogP contribution is 2.19. The van der Waals surface area contributed by atoms with Gasteiger partial charge in [0.1, 0.15) is 0 Å². The molecule has 8 rings (SSSR count). The first-order valence-corrected chi connectivity index (χ1v) is 26.4. The molecule has 1 saturated heterocycles. The lowest BCUT2D eigenvalue weighted by atomic mass is 10.1. The summed E-state index contributed by atoms with van der Waals surface area (Å²) in [4.78, 5) is 10.7. The van der Waals surface area contributed by atoms with Gasteiger partial charge >= 0.3 is 0 Å². The maximum Gasteiger partial charge on any atom is 0.0701 e. The fraction of sp³-hybridized carbons (Fsp3) is 0.571. The predicted octanol–water partition coefficient (Wildman–Crippen LogP) is 7.34. The predicted molar refractivity (Wildman–Crippen MR) is 284 cm³/mol. The Morgan fingerprint density at radius 1 is 0.271 bits per heavy atom. The summed E-state index contributed by atoms with van der Waals surface area (Å²) in [5.41, 5.74) is 9.94. The number of ether oxygens (including phenoxy) is 6. The van der Waals surface area contributed by atoms with Crippen LogP contribution in [0, 0.1) is 0 Å². The van der Waals surface area contributed by atoms with Crippen LogP contribution in [0.4, 0.5) is 22.7 Å². The van der Waals surface area contributed by atoms with E-state index in [0.29, 0.717) is 79.3 Å². The van der Waals surface area contributed by atoms with E-state index in [9.17, 15) is 0 Å². The van der Waals surface area contributed by atoms with Crippen LogP contribution in [0.5, 0.6) is 0 Å². The molecule has 14 nitrogen and oxygen atoms in total. The maximum absolute atomic E-state index is 5.88. The largest absolute Gasteiger partial charge is 0.385 e. The van der Waals surface area contributed by atoms with Crippen molar-refractivity contribution in [2.24, 2.45) is 0 Å². The Morgan fingerprint density at radius 2 is 0.486 bits per heavy atom. The van der Waals surface area contributed by atoms with Gasteiger partial charge < -0.3 is 49.7 Å². The zero-order valence-electron chi connectivity index (χ0n) is 42.1. The monoisotopic (exact) mass is 965 g/mol. The summed E-state index contributed by atoms with van der Waals surface area (Å²) in [5.74, 6) is 0. The Hall–Kier alpha value is -4.32. The molecule has 70 heavy (non-hydrogen) atoms. The summed E-state index contributed by atoms with van der Waals surface area (Å²) in [6.45, 7) is 22.2. The number of benzene rings is 4. The third kappa shape index (κ3) is 21.6. The van der Waals surface area contributed by atoms with Crippen molar-refractivity contribution in [3.63, 3.8) is 0 Å². The van der Waals surface area contributed by atoms with Crippen LogP contribution >= 0.6 is 0 Å². The van der Waals surface area contributed by atoms with Gasteiger partial charge in [0.2, 0.25) is 0 Å². The second-order valence-electron chi connectivity index (χ2n) is 18.7. The lowest BCUT2D eigenvalue weighted by Crippen LogP contribution is -2.45. The molecule has 0 amide bonds. The number of anilines is 4. The molecule has 4 heterocycles. The van der Waals surface area contributed by atoms with E-state index >= 15 is 0 Å². The summed E-state index contributed by atoms with van der Waals surface area (Å²) in [6, 6.07) is 36.0. The molecule has 4 aromatic carbocycles. The molecular weight excluding hydrogens is 881 g/mol. The van der Waals surface area contributed by atoms with Crippen molar-refractivity contribution >= 4 is 22.7 Å². The van der Waals surface area contributed by atoms with Crippen LogP contribution in [0.3, 0.4) is 0 Å². The SMILES string of the molecule is c1cc2cc(c1)NCCCOCCOCCOCCCNc1cccc(c1)CN1CCN3CCN(CCN(CC1)Cc1cccc(c1)NCCCOCCOCCOCCCNc1cccc(c1)C3)C2. The average molecular weight is 965 g/mol. The van der Waals surface area contributed by atoms with Crippen LogP contribution in [0.25, 0.3) is 0 Å². The Kier molecular flexibility index (Phi) is 24.9. The Morgan fingerprint density at radius 3 is 0.714 bits per heavy atom. The molecule has 4 aromatic rings. The highest BCUT2D eigenvalue weighted by Gasteiger charge is 2.19. The van der Waals surface area contributed by atoms with E-state index in [0.717, 1.165) is 153 Å². The summed E-state index contributed by atoms with van der Waals surface area (Å²) >= 11 is 0. The number of fused-ring (bicyclic) bond motifs is 20. The smallest absolute Gasteiger partial charge is 0.0701 e. The minimum absolute atomic E-state index is 0.583. The van der Waals surface area contributed by atoms with E-state index in [1.165, 1.54) is 22.3 Å². The van der Waals surface area contributed by atoms with E-state index in [-0.39, 0.29) is 0 Å². The summed E-state index contributed by atoms with van der Waals surface area (Å²) in [7, 11) is 0. The van der Waals surface area contributed by atoms with Crippen LogP contribution in [0.2, 0.25) is 0 Å². The molecule has 14 heteroatoms. The minimum atomic E-state index is 0.583. The Labute approximate surface area is 419 Å². The molecule has 0 unspecified atom stereocenters. The van der Waals surface area contributed by atoms with Crippen molar-refractivity contribution in [1.29, 1.82) is 0 Å². The van der Waals surface area contributed by atoms with Gasteiger partial charge in [-0.1, -0.05) is 48.5 Å². The van der Waals surface area contributed by atoms with Gasteiger partial charge in [0.15, 0.2) is 0 Å². The van der Waals surface area contributed by atoms with Gasteiger partial charge in [0.25, 0.3) is 0 Å². The average Bonchev–Trinajstić information content (AvgIpc) is 3.37. The Bertz CT molecular complexity index is 1720. The highest BCUT2D eigenvalue weighted by atomic mass is 16.5. The maximum atomic E-state index is 5.88. The molecule has 0 aliphatic carbocycles. The third-order valence-electron chi connectivity index (χ3n) is 12.9. The van der Waals surface area contributed by atoms with Crippen molar-refractivity contribution in [2.75, 3.05) is 179 Å². The van der Waals surface area contributed by atoms with E-state index in [1.807, 2.05) is 0 Å². The number of rotatable bonds is 0. The molecule has 0 aromatic heterocycles. The summed E-state index contributed by atoms with van der Waals surface area (Å²) in [5, 5.41) is 14.7. The molecule has 384 valence electrons. The molecule has 4 aliphatic heterocycles. The quantitative estimate of drug-likeness (QED) is 0.132. The molecule has 4 aliphatic rings. The number of hydrogen-bond donors (Lipinski definition) is 4. The molecule has 12 bridgehead atoms. The van der Waals surface area contributed by atoms with Gasteiger partial charge in [-0.25, -0.2) is 0 Å². The van der Waals surface area contributed by atoms with Gasteiger partial charge in [-0.15, -0.1) is 0 Å². The lowest BCUT2D eigenvalue weighted by Gasteiger charge is -2.34. The standard InChI is InChI=1S/C56H84N8O6/c1-9-49-41-53(13-1)57-17-5-29-65-33-37-69-38-34-66-30-8-20-60-56-16-4-12-52(44-56)48-64-27-25-62-23-21-61(45-49)22-24-63(26-28-64)47-51-11-3-15-55(43-51)59-19-7-32-68-36-40-70-39-35-67-31-6-18-58-54-14-2-10-50(42-54)46-62/h1-4,9-16,41-44,57-60H,5-8,17-40,45-48H2. The number of hydrogen-bond acceptors (Lipinski definition) is 14. The highest BCUT2D eigenvalue weighted by molar-refractivity contribution is 5.48. The number of nitrogens with zero attached hydrogens (tertiary/aromatic N) is 4. The van der Waals surface area contributed by atoms with Gasteiger partial charge in [0.05, 0.1) is 52.9 Å². The summed E-state index contributed by atoms with van der Waals surface area (Å²) < 4.78 is 35.0. The second kappa shape index (κ2) is 32.6. The van der Waals surface area contributed by atoms with Gasteiger partial charge in [-0.2, -0.15) is 0 Å². The molecule has 1 fully saturated rings. The van der Waals surface area contributed by atoms with Crippen LogP contribution in [0.1, 0.15) is 47.9 Å². The van der Waals surface area contributed by atoms with E-state index < -0.39 is 0 Å². The second-order valence-corrected chi connectivity index (χ2v) is 18.7. The van der Waals surface area contributed by atoms with Crippen molar-refractivity contribution in [3.05, 3.63) is 119 Å². The van der Waals surface area contributed by atoms with Crippen molar-refractivity contribution < 1.29 is 28.4 Å². The van der Waals surface area contributed by atoms with E-state index in [1.54, 1.807) is 0 Å². The van der Waals surface area contributed by atoms with E-state index in [4.69, 9.17) is 28.4 Å². The molecule has 4 N–H and O–H groups in total. The van der Waals surface area contributed by atoms with Crippen LogP contribution in [-0.4, -0.2) is 177 Å². The lowest BCUT2D eigenvalue weighted by molar-refractivity contribution is 0.0145. The fourth-order valence-corrected chi connectivity index (χ4v) is 9.07. The molecule has 0 atom stereocenters. The van der Waals surface area contributed by atoms with Gasteiger partial charge in [-0.05, 0) is 96.5 Å².